The molecule has 0 aromatic rings. The Morgan fingerprint density at radius 3 is 2.20 bits per heavy atom. The van der Waals surface area contributed by atoms with Crippen LogP contribution in [0.25, 0.3) is 0 Å². The molecule has 1 aliphatic rings. The highest BCUT2D eigenvalue weighted by atomic mass is 32.2. The van der Waals surface area contributed by atoms with Gasteiger partial charge in [0.2, 0.25) is 0 Å². The molecule has 1 aliphatic heterocycles. The largest absolute Gasteiger partial charge is 0.150 e. The van der Waals surface area contributed by atoms with E-state index in [-0.39, 0.29) is 0 Å². The van der Waals surface area contributed by atoms with E-state index in [1.54, 1.807) is 0 Å². The van der Waals surface area contributed by atoms with E-state index in [4.69, 9.17) is 0 Å². The van der Waals surface area contributed by atoms with Crippen LogP contribution in [0.2, 0.25) is 0 Å². The van der Waals surface area contributed by atoms with Crippen LogP contribution in [0.1, 0.15) is 64.7 Å². The maximum atomic E-state index is 2.29. The molecule has 0 bridgehead atoms. The van der Waals surface area contributed by atoms with Gasteiger partial charge in [-0.3, -0.25) is 0 Å². The lowest BCUT2D eigenvalue weighted by Gasteiger charge is -2.06. The van der Waals surface area contributed by atoms with Gasteiger partial charge in [0, 0.05) is 16.1 Å². The molecule has 0 N–H and O–H groups in total. The van der Waals surface area contributed by atoms with Crippen LogP contribution >= 0.6 is 23.5 Å². The molecule has 0 spiro atoms. The Bertz CT molecular complexity index is 130. The SMILES string of the molecule is CCCCCCCCCCC1CSCS1. The van der Waals surface area contributed by atoms with E-state index in [2.05, 4.69) is 30.4 Å². The van der Waals surface area contributed by atoms with Gasteiger partial charge < -0.3 is 0 Å². The first kappa shape index (κ1) is 13.8. The molecule has 1 heterocycles. The predicted molar refractivity (Wildman–Crippen MR) is 75.9 cm³/mol. The molecule has 0 saturated carbocycles. The van der Waals surface area contributed by atoms with Crippen molar-refractivity contribution in [3.8, 4) is 0 Å². The maximum Gasteiger partial charge on any atom is 0.0395 e. The third-order valence-electron chi connectivity index (χ3n) is 3.07. The van der Waals surface area contributed by atoms with Gasteiger partial charge in [0.05, 0.1) is 0 Å². The highest BCUT2D eigenvalue weighted by Crippen LogP contribution is 2.32. The zero-order valence-electron chi connectivity index (χ0n) is 10.2. The van der Waals surface area contributed by atoms with E-state index in [1.807, 2.05) is 0 Å². The van der Waals surface area contributed by atoms with Crippen molar-refractivity contribution in [3.63, 3.8) is 0 Å². The third kappa shape index (κ3) is 7.57. The van der Waals surface area contributed by atoms with Gasteiger partial charge in [-0.05, 0) is 6.42 Å². The maximum absolute atomic E-state index is 2.29. The molecule has 1 fully saturated rings. The Morgan fingerprint density at radius 2 is 1.60 bits per heavy atom. The molecule has 1 saturated heterocycles. The minimum absolute atomic E-state index is 0.995. The topological polar surface area (TPSA) is 0 Å². The van der Waals surface area contributed by atoms with Crippen LogP contribution in [0.15, 0.2) is 0 Å². The Balaban J connectivity index is 1.73. The highest BCUT2D eigenvalue weighted by Gasteiger charge is 2.14. The van der Waals surface area contributed by atoms with Crippen molar-refractivity contribution >= 4 is 23.5 Å². The fraction of sp³-hybridized carbons (Fsp3) is 1.00. The fourth-order valence-electron chi connectivity index (χ4n) is 2.04. The lowest BCUT2D eigenvalue weighted by Crippen LogP contribution is -1.99. The summed E-state index contributed by atoms with van der Waals surface area (Å²) in [4.78, 5) is 0. The van der Waals surface area contributed by atoms with Crippen LogP contribution < -0.4 is 0 Å². The van der Waals surface area contributed by atoms with Crippen LogP contribution in [0, 0.1) is 0 Å². The number of hydrogen-bond acceptors (Lipinski definition) is 2. The zero-order valence-corrected chi connectivity index (χ0v) is 11.8. The third-order valence-corrected chi connectivity index (χ3v) is 6.00. The summed E-state index contributed by atoms with van der Waals surface area (Å²) in [5.74, 6) is 1.42. The van der Waals surface area contributed by atoms with Crippen LogP contribution in [0.3, 0.4) is 0 Å². The molecule has 15 heavy (non-hydrogen) atoms. The minimum Gasteiger partial charge on any atom is -0.150 e. The number of unbranched alkanes of at least 4 members (excludes halogenated alkanes) is 7. The number of hydrogen-bond donors (Lipinski definition) is 0. The summed E-state index contributed by atoms with van der Waals surface area (Å²) in [6.07, 6.45) is 13.1. The smallest absolute Gasteiger partial charge is 0.0395 e. The van der Waals surface area contributed by atoms with Gasteiger partial charge in [0.15, 0.2) is 0 Å². The monoisotopic (exact) mass is 246 g/mol. The molecule has 1 atom stereocenters. The van der Waals surface area contributed by atoms with Gasteiger partial charge in [-0.1, -0.05) is 58.3 Å². The van der Waals surface area contributed by atoms with Crippen LogP contribution in [0.4, 0.5) is 0 Å². The lowest BCUT2D eigenvalue weighted by molar-refractivity contribution is 0.565. The Morgan fingerprint density at radius 1 is 0.933 bits per heavy atom. The van der Waals surface area contributed by atoms with Crippen molar-refractivity contribution in [2.75, 3.05) is 10.8 Å². The van der Waals surface area contributed by atoms with E-state index < -0.39 is 0 Å². The zero-order chi connectivity index (χ0) is 10.8. The van der Waals surface area contributed by atoms with Crippen LogP contribution in [-0.4, -0.2) is 16.1 Å². The van der Waals surface area contributed by atoms with Crippen molar-refractivity contribution in [2.24, 2.45) is 0 Å². The number of thioether (sulfide) groups is 2. The van der Waals surface area contributed by atoms with Gasteiger partial charge >= 0.3 is 0 Å². The molecular weight excluding hydrogens is 220 g/mol. The summed E-state index contributed by atoms with van der Waals surface area (Å²) in [5.41, 5.74) is 0. The van der Waals surface area contributed by atoms with E-state index in [0.29, 0.717) is 0 Å². The molecule has 1 rings (SSSR count). The second-order valence-corrected chi connectivity index (χ2v) is 7.23. The molecule has 0 nitrogen and oxygen atoms in total. The van der Waals surface area contributed by atoms with Gasteiger partial charge in [0.1, 0.15) is 0 Å². The first-order chi connectivity index (χ1) is 7.43. The molecule has 0 radical (unpaired) electrons. The molecule has 0 aliphatic carbocycles. The van der Waals surface area contributed by atoms with Crippen LogP contribution in [0.5, 0.6) is 0 Å². The summed E-state index contributed by atoms with van der Waals surface area (Å²) in [6.45, 7) is 2.29. The first-order valence-corrected chi connectivity index (χ1v) is 8.83. The summed E-state index contributed by atoms with van der Waals surface area (Å²) < 4.78 is 0. The fourth-order valence-corrected chi connectivity index (χ4v) is 5.02. The molecule has 2 heteroatoms. The van der Waals surface area contributed by atoms with E-state index >= 15 is 0 Å². The van der Waals surface area contributed by atoms with Gasteiger partial charge in [-0.25, -0.2) is 0 Å². The normalized spacial score (nSPS) is 21.0. The van der Waals surface area contributed by atoms with Crippen molar-refractivity contribution < 1.29 is 0 Å². The molecule has 90 valence electrons. The summed E-state index contributed by atoms with van der Waals surface area (Å²) in [6, 6.07) is 0. The van der Waals surface area contributed by atoms with Crippen molar-refractivity contribution in [1.82, 2.24) is 0 Å². The highest BCUT2D eigenvalue weighted by molar-refractivity contribution is 8.19. The molecule has 1 unspecified atom stereocenters. The summed E-state index contributed by atoms with van der Waals surface area (Å²) in [5, 5.41) is 2.34. The Kier molecular flexibility index (Phi) is 9.08. The van der Waals surface area contributed by atoms with Crippen molar-refractivity contribution in [1.29, 1.82) is 0 Å². The standard InChI is InChI=1S/C13H26S2/c1-2-3-4-5-6-7-8-9-10-13-11-14-12-15-13/h13H,2-12H2,1H3. The average Bonchev–Trinajstić information content (AvgIpc) is 2.75. The van der Waals surface area contributed by atoms with Crippen molar-refractivity contribution in [3.05, 3.63) is 0 Å². The van der Waals surface area contributed by atoms with Crippen molar-refractivity contribution in [2.45, 2.75) is 70.0 Å². The Labute approximate surface area is 104 Å². The van der Waals surface area contributed by atoms with E-state index in [0.717, 1.165) is 5.25 Å². The lowest BCUT2D eigenvalue weighted by atomic mass is 10.1. The summed E-state index contributed by atoms with van der Waals surface area (Å²) >= 11 is 4.30. The second kappa shape index (κ2) is 9.89. The van der Waals surface area contributed by atoms with Gasteiger partial charge in [-0.2, -0.15) is 0 Å². The molecule has 0 aromatic carbocycles. The van der Waals surface area contributed by atoms with Gasteiger partial charge in [-0.15, -0.1) is 23.5 Å². The minimum atomic E-state index is 0.995. The second-order valence-electron chi connectivity index (χ2n) is 4.54. The molecule has 0 aromatic heterocycles. The van der Waals surface area contributed by atoms with Gasteiger partial charge in [0.25, 0.3) is 0 Å². The average molecular weight is 246 g/mol. The first-order valence-electron chi connectivity index (χ1n) is 6.63. The Hall–Kier alpha value is 0.700. The van der Waals surface area contributed by atoms with E-state index in [9.17, 15) is 0 Å². The molecular formula is C13H26S2. The van der Waals surface area contributed by atoms with Crippen LogP contribution in [-0.2, 0) is 0 Å². The molecule has 0 amide bonds. The predicted octanol–water partition coefficient (Wildman–Crippen LogP) is 5.32. The summed E-state index contributed by atoms with van der Waals surface area (Å²) in [7, 11) is 0. The quantitative estimate of drug-likeness (QED) is 0.505. The number of rotatable bonds is 9. The van der Waals surface area contributed by atoms with E-state index in [1.165, 1.54) is 68.6 Å².